The summed E-state index contributed by atoms with van der Waals surface area (Å²) in [6.45, 7) is 3.94. The predicted octanol–water partition coefficient (Wildman–Crippen LogP) is 7.01. The quantitative estimate of drug-likeness (QED) is 0.362. The number of thiophene rings is 1. The number of hydrogen-bond donors (Lipinski definition) is 2. The Morgan fingerprint density at radius 2 is 1.68 bits per heavy atom. The Morgan fingerprint density at radius 1 is 1.00 bits per heavy atom. The second-order valence-corrected chi connectivity index (χ2v) is 12.0. The molecule has 1 heterocycles. The molecule has 5 rings (SSSR count). The van der Waals surface area contributed by atoms with Crippen LogP contribution in [-0.4, -0.2) is 23.0 Å². The number of amides is 1. The molecule has 194 valence electrons. The van der Waals surface area contributed by atoms with Gasteiger partial charge in [-0.05, 0) is 85.8 Å². The third kappa shape index (κ3) is 5.04. The van der Waals surface area contributed by atoms with Crippen molar-refractivity contribution in [3.63, 3.8) is 0 Å². The van der Waals surface area contributed by atoms with Crippen molar-refractivity contribution in [1.29, 1.82) is 0 Å². The topological polar surface area (TPSA) is 66.4 Å². The van der Waals surface area contributed by atoms with Crippen molar-refractivity contribution in [3.8, 4) is 11.1 Å². The maximum atomic E-state index is 13.2. The van der Waals surface area contributed by atoms with Crippen LogP contribution in [0.5, 0.6) is 0 Å². The Kier molecular flexibility index (Phi) is 6.42. The van der Waals surface area contributed by atoms with E-state index in [0.717, 1.165) is 45.9 Å². The Balaban J connectivity index is 1.27. The van der Waals surface area contributed by atoms with Gasteiger partial charge in [0.2, 0.25) is 0 Å². The highest BCUT2D eigenvalue weighted by Crippen LogP contribution is 2.58. The summed E-state index contributed by atoms with van der Waals surface area (Å²) in [4.78, 5) is 26.4. The van der Waals surface area contributed by atoms with Gasteiger partial charge in [0.15, 0.2) is 0 Å². The molecule has 0 bridgehead atoms. The molecule has 1 aromatic heterocycles. The van der Waals surface area contributed by atoms with Gasteiger partial charge in [-0.25, -0.2) is 0 Å². The lowest BCUT2D eigenvalue weighted by molar-refractivity contribution is -0.155. The van der Waals surface area contributed by atoms with Gasteiger partial charge < -0.3 is 10.4 Å². The third-order valence-corrected chi connectivity index (χ3v) is 8.94. The van der Waals surface area contributed by atoms with Gasteiger partial charge in [0, 0.05) is 15.8 Å². The fourth-order valence-corrected chi connectivity index (χ4v) is 7.05. The van der Waals surface area contributed by atoms with E-state index in [1.807, 2.05) is 38.1 Å². The highest BCUT2D eigenvalue weighted by molar-refractivity contribution is 7.12. The van der Waals surface area contributed by atoms with Crippen LogP contribution in [0.3, 0.4) is 0 Å². The van der Waals surface area contributed by atoms with Crippen molar-refractivity contribution < 1.29 is 27.9 Å². The van der Waals surface area contributed by atoms with Gasteiger partial charge >= 0.3 is 12.1 Å². The molecule has 0 radical (unpaired) electrons. The first kappa shape index (κ1) is 25.5. The van der Waals surface area contributed by atoms with Crippen LogP contribution in [0.25, 0.3) is 11.1 Å². The van der Waals surface area contributed by atoms with E-state index in [1.165, 1.54) is 6.07 Å². The number of hydrogen-bond acceptors (Lipinski definition) is 3. The van der Waals surface area contributed by atoms with Crippen molar-refractivity contribution in [2.75, 3.05) is 0 Å². The van der Waals surface area contributed by atoms with Crippen molar-refractivity contribution in [3.05, 3.63) is 80.5 Å². The normalized spacial score (nSPS) is 22.8. The van der Waals surface area contributed by atoms with Gasteiger partial charge in [-0.15, -0.1) is 11.3 Å². The number of carboxylic acid groups (broad SMARTS) is 1. The minimum atomic E-state index is -4.39. The maximum absolute atomic E-state index is 13.2. The Labute approximate surface area is 217 Å². The molecule has 37 heavy (non-hydrogen) atoms. The number of carbonyl (C=O) groups is 2. The first-order valence-electron chi connectivity index (χ1n) is 12.3. The number of aryl methyl sites for hydroxylation is 2. The fraction of sp³-hybridized carbons (Fsp3) is 0.379. The molecule has 0 saturated heterocycles. The van der Waals surface area contributed by atoms with Crippen molar-refractivity contribution in [1.82, 2.24) is 5.32 Å². The number of rotatable bonds is 6. The average Bonchev–Trinajstić information content (AvgIpc) is 3.06. The highest BCUT2D eigenvalue weighted by atomic mass is 32.1. The minimum absolute atomic E-state index is 0.0708. The zero-order valence-electron chi connectivity index (χ0n) is 20.6. The Hall–Kier alpha value is -3.13. The van der Waals surface area contributed by atoms with Gasteiger partial charge in [-0.1, -0.05) is 36.4 Å². The first-order chi connectivity index (χ1) is 17.4. The van der Waals surface area contributed by atoms with E-state index in [9.17, 15) is 22.8 Å². The van der Waals surface area contributed by atoms with Crippen molar-refractivity contribution in [2.45, 2.75) is 58.2 Å². The van der Waals surface area contributed by atoms with Crippen molar-refractivity contribution >= 4 is 23.2 Å². The SMILES string of the molecule is Cc1sc(C)c(C(=O)NC2CC3(C2)CC(C(=O)O)C3)c1Cc1ccc(-c2cccc(C(F)(F)F)c2)cc1. The predicted molar refractivity (Wildman–Crippen MR) is 137 cm³/mol. The summed E-state index contributed by atoms with van der Waals surface area (Å²) in [5.41, 5.74) is 3.26. The zero-order valence-corrected chi connectivity index (χ0v) is 21.4. The van der Waals surface area contributed by atoms with Crippen LogP contribution in [0.4, 0.5) is 13.2 Å². The van der Waals surface area contributed by atoms with Gasteiger partial charge in [-0.2, -0.15) is 13.2 Å². The van der Waals surface area contributed by atoms with E-state index in [1.54, 1.807) is 17.4 Å². The molecule has 2 N–H and O–H groups in total. The van der Waals surface area contributed by atoms with E-state index in [0.29, 0.717) is 36.0 Å². The molecule has 0 atom stereocenters. The molecule has 2 fully saturated rings. The van der Waals surface area contributed by atoms with Gasteiger partial charge in [-0.3, -0.25) is 9.59 Å². The number of carboxylic acids is 1. The molecule has 0 aliphatic heterocycles. The van der Waals surface area contributed by atoms with Crippen LogP contribution in [0.15, 0.2) is 48.5 Å². The van der Waals surface area contributed by atoms with Gasteiger partial charge in [0.25, 0.3) is 5.91 Å². The molecule has 3 aromatic rings. The lowest BCUT2D eigenvalue weighted by Gasteiger charge is -2.56. The minimum Gasteiger partial charge on any atom is -0.481 e. The molecular formula is C29H28F3NO3S. The fourth-order valence-electron chi connectivity index (χ4n) is 5.97. The second kappa shape index (κ2) is 9.31. The van der Waals surface area contributed by atoms with Crippen LogP contribution in [0.2, 0.25) is 0 Å². The molecule has 2 aliphatic rings. The van der Waals surface area contributed by atoms with Crippen LogP contribution in [0, 0.1) is 25.2 Å². The number of halogens is 3. The van der Waals surface area contributed by atoms with Crippen LogP contribution < -0.4 is 5.32 Å². The molecule has 8 heteroatoms. The Bertz CT molecular complexity index is 1350. The number of aliphatic carboxylic acids is 1. The molecule has 2 aliphatic carbocycles. The van der Waals surface area contributed by atoms with E-state index in [4.69, 9.17) is 5.11 Å². The third-order valence-electron chi connectivity index (χ3n) is 7.87. The van der Waals surface area contributed by atoms with Crippen LogP contribution in [0.1, 0.15) is 62.5 Å². The summed E-state index contributed by atoms with van der Waals surface area (Å²) in [5.74, 6) is -1.06. The number of alkyl halides is 3. The smallest absolute Gasteiger partial charge is 0.416 e. The molecule has 2 aromatic carbocycles. The molecule has 4 nitrogen and oxygen atoms in total. The largest absolute Gasteiger partial charge is 0.481 e. The highest BCUT2D eigenvalue weighted by Gasteiger charge is 2.55. The number of benzene rings is 2. The summed E-state index contributed by atoms with van der Waals surface area (Å²) in [6.07, 6.45) is -0.773. The summed E-state index contributed by atoms with van der Waals surface area (Å²) in [5, 5.41) is 12.3. The number of nitrogens with one attached hydrogen (secondary N) is 1. The summed E-state index contributed by atoms with van der Waals surface area (Å²) in [7, 11) is 0. The zero-order chi connectivity index (χ0) is 26.5. The second-order valence-electron chi connectivity index (χ2n) is 10.5. The molecule has 2 saturated carbocycles. The van der Waals surface area contributed by atoms with E-state index < -0.39 is 17.7 Å². The summed E-state index contributed by atoms with van der Waals surface area (Å²) >= 11 is 1.59. The summed E-state index contributed by atoms with van der Waals surface area (Å²) in [6, 6.07) is 12.8. The monoisotopic (exact) mass is 527 g/mol. The molecule has 1 spiro atoms. The Morgan fingerprint density at radius 3 is 2.30 bits per heavy atom. The van der Waals surface area contributed by atoms with Gasteiger partial charge in [0.05, 0.1) is 17.0 Å². The molecule has 0 unspecified atom stereocenters. The van der Waals surface area contributed by atoms with Crippen molar-refractivity contribution in [2.24, 2.45) is 11.3 Å². The van der Waals surface area contributed by atoms with Crippen LogP contribution >= 0.6 is 11.3 Å². The average molecular weight is 528 g/mol. The van der Waals surface area contributed by atoms with Crippen LogP contribution in [-0.2, 0) is 17.4 Å². The number of carbonyl (C=O) groups excluding carboxylic acids is 1. The first-order valence-corrected chi connectivity index (χ1v) is 13.1. The molecular weight excluding hydrogens is 499 g/mol. The lowest BCUT2D eigenvalue weighted by Crippen LogP contribution is -2.57. The van der Waals surface area contributed by atoms with E-state index in [2.05, 4.69) is 5.32 Å². The van der Waals surface area contributed by atoms with Gasteiger partial charge in [0.1, 0.15) is 0 Å². The molecule has 1 amide bonds. The summed E-state index contributed by atoms with van der Waals surface area (Å²) < 4.78 is 39.3. The lowest BCUT2D eigenvalue weighted by atomic mass is 9.50. The maximum Gasteiger partial charge on any atom is 0.416 e. The standard InChI is InChI=1S/C29H28F3NO3S/c1-16-24(10-18-6-8-19(9-7-18)20-4-3-5-22(11-20)29(30,31)32)25(17(2)37-16)26(34)33-23-14-28(15-23)12-21(13-28)27(35)36/h3-9,11,21,23H,10,12-15H2,1-2H3,(H,33,34)(H,35,36). The van der Waals surface area contributed by atoms with E-state index in [-0.39, 0.29) is 23.3 Å². The van der Waals surface area contributed by atoms with E-state index >= 15 is 0 Å².